The molecule has 0 saturated carbocycles. The number of aryl methyl sites for hydroxylation is 2. The van der Waals surface area contributed by atoms with Gasteiger partial charge in [0.05, 0.1) is 16.7 Å². The molecule has 2 heterocycles. The Kier molecular flexibility index (Phi) is 5.41. The summed E-state index contributed by atoms with van der Waals surface area (Å²) in [5.74, 6) is -0.204. The molecule has 5 heteroatoms. The lowest BCUT2D eigenvalue weighted by Crippen LogP contribution is -2.47. The van der Waals surface area contributed by atoms with Crippen molar-refractivity contribution in [2.24, 2.45) is 5.73 Å². The van der Waals surface area contributed by atoms with Crippen LogP contribution in [0.5, 0.6) is 0 Å². The van der Waals surface area contributed by atoms with Gasteiger partial charge in [-0.15, -0.1) is 11.3 Å². The van der Waals surface area contributed by atoms with Crippen LogP contribution in [0, 0.1) is 0 Å². The number of rotatable bonds is 6. The molecule has 3 rings (SSSR count). The quantitative estimate of drug-likeness (QED) is 0.886. The Hall–Kier alpha value is -1.72. The maximum absolute atomic E-state index is 11.6. The van der Waals surface area contributed by atoms with E-state index >= 15 is 0 Å². The van der Waals surface area contributed by atoms with Crippen molar-refractivity contribution in [3.05, 3.63) is 52.0 Å². The van der Waals surface area contributed by atoms with Crippen LogP contribution in [0.15, 0.2) is 35.7 Å². The molecule has 2 N–H and O–H groups in total. The first-order chi connectivity index (χ1) is 11.2. The first kappa shape index (κ1) is 16.1. The van der Waals surface area contributed by atoms with E-state index in [0.717, 1.165) is 55.9 Å². The highest BCUT2D eigenvalue weighted by Gasteiger charge is 2.27. The Labute approximate surface area is 141 Å². The lowest BCUT2D eigenvalue weighted by molar-refractivity contribution is -0.124. The molecule has 0 bridgehead atoms. The van der Waals surface area contributed by atoms with Crippen molar-refractivity contribution < 1.29 is 4.79 Å². The van der Waals surface area contributed by atoms with Crippen LogP contribution in [0.3, 0.4) is 0 Å². The molecule has 1 unspecified atom stereocenters. The topological polar surface area (TPSA) is 59.2 Å². The van der Waals surface area contributed by atoms with Crippen molar-refractivity contribution in [2.45, 2.75) is 44.7 Å². The third kappa shape index (κ3) is 4.39. The number of hydrogen-bond donors (Lipinski definition) is 1. The Morgan fingerprint density at radius 3 is 2.87 bits per heavy atom. The van der Waals surface area contributed by atoms with Crippen LogP contribution in [0.1, 0.15) is 35.5 Å². The number of carbonyl (C=O) groups is 1. The van der Waals surface area contributed by atoms with E-state index in [4.69, 9.17) is 10.7 Å². The standard InChI is InChI=1S/C18H23N3OS/c19-18(22)16-8-4-5-11-21(16)12-15-13-23-17(20-15)10-9-14-6-2-1-3-7-14/h1-3,6-7,13,16H,4-5,8-12H2,(H2,19,22). The van der Waals surface area contributed by atoms with Crippen molar-refractivity contribution >= 4 is 17.2 Å². The molecule has 1 saturated heterocycles. The SMILES string of the molecule is NC(=O)C1CCCCN1Cc1csc(CCc2ccccc2)n1. The summed E-state index contributed by atoms with van der Waals surface area (Å²) in [5, 5.41) is 3.28. The smallest absolute Gasteiger partial charge is 0.234 e. The van der Waals surface area contributed by atoms with Crippen LogP contribution in [-0.2, 0) is 24.2 Å². The number of hydrogen-bond acceptors (Lipinski definition) is 4. The Bertz CT molecular complexity index is 641. The van der Waals surface area contributed by atoms with Gasteiger partial charge in [-0.05, 0) is 31.4 Å². The molecule has 4 nitrogen and oxygen atoms in total. The Balaban J connectivity index is 1.57. The number of piperidine rings is 1. The molecule has 0 aliphatic carbocycles. The molecule has 2 aromatic rings. The molecule has 1 aromatic heterocycles. The van der Waals surface area contributed by atoms with Crippen molar-refractivity contribution in [3.63, 3.8) is 0 Å². The summed E-state index contributed by atoms with van der Waals surface area (Å²) in [6, 6.07) is 10.4. The molecule has 1 atom stereocenters. The molecular weight excluding hydrogens is 306 g/mol. The normalized spacial score (nSPS) is 18.9. The van der Waals surface area contributed by atoms with Gasteiger partial charge in [-0.2, -0.15) is 0 Å². The van der Waals surface area contributed by atoms with Crippen LogP contribution in [0.2, 0.25) is 0 Å². The highest BCUT2D eigenvalue weighted by atomic mass is 32.1. The summed E-state index contributed by atoms with van der Waals surface area (Å²) in [4.78, 5) is 18.5. The van der Waals surface area contributed by atoms with Crippen molar-refractivity contribution in [1.29, 1.82) is 0 Å². The van der Waals surface area contributed by atoms with Gasteiger partial charge in [-0.25, -0.2) is 4.98 Å². The average molecular weight is 329 g/mol. The minimum absolute atomic E-state index is 0.127. The minimum Gasteiger partial charge on any atom is -0.368 e. The summed E-state index contributed by atoms with van der Waals surface area (Å²) >= 11 is 1.71. The van der Waals surface area contributed by atoms with E-state index in [-0.39, 0.29) is 11.9 Å². The first-order valence-corrected chi connectivity index (χ1v) is 9.11. The molecule has 1 aliphatic heterocycles. The highest BCUT2D eigenvalue weighted by molar-refractivity contribution is 7.09. The zero-order valence-corrected chi connectivity index (χ0v) is 14.1. The number of amides is 1. The van der Waals surface area contributed by atoms with E-state index in [9.17, 15) is 4.79 Å². The molecular formula is C18H23N3OS. The Morgan fingerprint density at radius 2 is 2.09 bits per heavy atom. The number of likely N-dealkylation sites (tertiary alicyclic amines) is 1. The van der Waals surface area contributed by atoms with Crippen LogP contribution < -0.4 is 5.73 Å². The zero-order chi connectivity index (χ0) is 16.1. The molecule has 122 valence electrons. The number of nitrogens with zero attached hydrogens (tertiary/aromatic N) is 2. The fourth-order valence-corrected chi connectivity index (χ4v) is 3.93. The van der Waals surface area contributed by atoms with Gasteiger partial charge in [0.1, 0.15) is 0 Å². The van der Waals surface area contributed by atoms with Crippen LogP contribution >= 0.6 is 11.3 Å². The largest absolute Gasteiger partial charge is 0.368 e. The van der Waals surface area contributed by atoms with Crippen LogP contribution in [-0.4, -0.2) is 28.4 Å². The van der Waals surface area contributed by atoms with Crippen molar-refractivity contribution in [2.75, 3.05) is 6.54 Å². The third-order valence-electron chi connectivity index (χ3n) is 4.38. The molecule has 0 radical (unpaired) electrons. The highest BCUT2D eigenvalue weighted by Crippen LogP contribution is 2.21. The molecule has 0 spiro atoms. The van der Waals surface area contributed by atoms with Crippen LogP contribution in [0.25, 0.3) is 0 Å². The fourth-order valence-electron chi connectivity index (χ4n) is 3.14. The van der Waals surface area contributed by atoms with E-state index in [1.807, 2.05) is 6.07 Å². The predicted molar refractivity (Wildman–Crippen MR) is 93.2 cm³/mol. The average Bonchev–Trinajstić information content (AvgIpc) is 3.02. The van der Waals surface area contributed by atoms with Crippen LogP contribution in [0.4, 0.5) is 0 Å². The molecule has 1 aliphatic rings. The lowest BCUT2D eigenvalue weighted by Gasteiger charge is -2.32. The first-order valence-electron chi connectivity index (χ1n) is 8.23. The molecule has 23 heavy (non-hydrogen) atoms. The number of primary amides is 1. The summed E-state index contributed by atoms with van der Waals surface area (Å²) in [6.07, 6.45) is 5.08. The minimum atomic E-state index is -0.204. The Morgan fingerprint density at radius 1 is 1.26 bits per heavy atom. The van der Waals surface area contributed by atoms with Gasteiger partial charge >= 0.3 is 0 Å². The second-order valence-electron chi connectivity index (χ2n) is 6.10. The zero-order valence-electron chi connectivity index (χ0n) is 13.3. The van der Waals surface area contributed by atoms with Crippen molar-refractivity contribution in [3.8, 4) is 0 Å². The second-order valence-corrected chi connectivity index (χ2v) is 7.05. The fraction of sp³-hybridized carbons (Fsp3) is 0.444. The summed E-state index contributed by atoms with van der Waals surface area (Å²) < 4.78 is 0. The van der Waals surface area contributed by atoms with E-state index in [2.05, 4.69) is 34.5 Å². The van der Waals surface area contributed by atoms with E-state index < -0.39 is 0 Å². The summed E-state index contributed by atoms with van der Waals surface area (Å²) in [6.45, 7) is 1.67. The number of carbonyl (C=O) groups excluding carboxylic acids is 1. The van der Waals surface area contributed by atoms with Crippen molar-refractivity contribution in [1.82, 2.24) is 9.88 Å². The van der Waals surface area contributed by atoms with E-state index in [1.165, 1.54) is 5.56 Å². The predicted octanol–water partition coefficient (Wildman–Crippen LogP) is 2.77. The monoisotopic (exact) mass is 329 g/mol. The van der Waals surface area contributed by atoms with E-state index in [0.29, 0.717) is 0 Å². The van der Waals surface area contributed by atoms with Gasteiger partial charge in [0, 0.05) is 18.3 Å². The summed E-state index contributed by atoms with van der Waals surface area (Å²) in [5.41, 5.74) is 7.93. The molecule has 1 fully saturated rings. The second kappa shape index (κ2) is 7.70. The van der Waals surface area contributed by atoms with Gasteiger partial charge in [0.15, 0.2) is 0 Å². The van der Waals surface area contributed by atoms with E-state index in [1.54, 1.807) is 11.3 Å². The van der Waals surface area contributed by atoms with Gasteiger partial charge in [-0.3, -0.25) is 9.69 Å². The molecule has 1 amide bonds. The van der Waals surface area contributed by atoms with Gasteiger partial charge in [0.25, 0.3) is 0 Å². The van der Waals surface area contributed by atoms with Gasteiger partial charge in [0.2, 0.25) is 5.91 Å². The van der Waals surface area contributed by atoms with Gasteiger partial charge in [-0.1, -0.05) is 36.8 Å². The summed E-state index contributed by atoms with van der Waals surface area (Å²) in [7, 11) is 0. The van der Waals surface area contributed by atoms with Gasteiger partial charge < -0.3 is 5.73 Å². The molecule has 1 aromatic carbocycles. The number of aromatic nitrogens is 1. The number of benzene rings is 1. The maximum atomic E-state index is 11.6. The number of nitrogens with two attached hydrogens (primary N) is 1. The lowest BCUT2D eigenvalue weighted by atomic mass is 10.0. The maximum Gasteiger partial charge on any atom is 0.234 e. The third-order valence-corrected chi connectivity index (χ3v) is 5.33. The number of thiazole rings is 1.